The van der Waals surface area contributed by atoms with Gasteiger partial charge in [0.1, 0.15) is 4.32 Å². The van der Waals surface area contributed by atoms with E-state index < -0.39 is 0 Å². The summed E-state index contributed by atoms with van der Waals surface area (Å²) in [5, 5.41) is 0. The highest BCUT2D eigenvalue weighted by Gasteiger charge is 2.32. The average molecular weight is 512 g/mol. The second-order valence-electron chi connectivity index (χ2n) is 7.66. The third kappa shape index (κ3) is 4.56. The first-order valence-corrected chi connectivity index (χ1v) is 12.1. The molecule has 0 spiro atoms. The van der Waals surface area contributed by atoms with Gasteiger partial charge in [0.25, 0.3) is 5.91 Å². The van der Waals surface area contributed by atoms with Crippen molar-refractivity contribution in [2.75, 3.05) is 6.54 Å². The molecule has 3 aromatic rings. The Balaban J connectivity index is 1.58. The van der Waals surface area contributed by atoms with E-state index in [-0.39, 0.29) is 5.91 Å². The smallest absolute Gasteiger partial charge is 0.266 e. The normalized spacial score (nSPS) is 15.4. The number of benzene rings is 2. The van der Waals surface area contributed by atoms with Crippen LogP contribution in [0.2, 0.25) is 0 Å². The van der Waals surface area contributed by atoms with Crippen LogP contribution in [-0.2, 0) is 11.2 Å². The van der Waals surface area contributed by atoms with Crippen LogP contribution in [0.25, 0.3) is 11.8 Å². The van der Waals surface area contributed by atoms with E-state index in [1.807, 2.05) is 24.3 Å². The number of hydrogen-bond donors (Lipinski definition) is 0. The number of hydrogen-bond acceptors (Lipinski definition) is 3. The molecule has 1 aliphatic rings. The standard InChI is InChI=1S/C25H23BrN2OS2/c1-16-13-21(9-10-22(16)26)28-17(2)14-20(18(28)3)15-23-24(29)27(25(30)31-23)12-11-19-7-5-4-6-8-19/h4-10,13-15H,11-12H2,1-3H3/b23-15-. The van der Waals surface area contributed by atoms with Gasteiger partial charge >= 0.3 is 0 Å². The second kappa shape index (κ2) is 9.15. The number of aryl methyl sites for hydroxylation is 2. The Kier molecular flexibility index (Phi) is 6.51. The Hall–Kier alpha value is -2.15. The maximum atomic E-state index is 13.0. The van der Waals surface area contributed by atoms with E-state index in [2.05, 4.69) is 77.7 Å². The van der Waals surface area contributed by atoms with Gasteiger partial charge in [0.15, 0.2) is 0 Å². The van der Waals surface area contributed by atoms with E-state index in [1.165, 1.54) is 22.9 Å². The summed E-state index contributed by atoms with van der Waals surface area (Å²) in [6, 6.07) is 18.6. The lowest BCUT2D eigenvalue weighted by Crippen LogP contribution is -2.30. The minimum atomic E-state index is -0.00443. The zero-order chi connectivity index (χ0) is 22.1. The molecule has 1 amide bonds. The van der Waals surface area contributed by atoms with Crippen LogP contribution < -0.4 is 0 Å². The molecule has 1 aliphatic heterocycles. The Bertz CT molecular complexity index is 1200. The molecule has 2 aromatic carbocycles. The van der Waals surface area contributed by atoms with Crippen molar-refractivity contribution < 1.29 is 4.79 Å². The van der Waals surface area contributed by atoms with Crippen LogP contribution in [0.3, 0.4) is 0 Å². The lowest BCUT2D eigenvalue weighted by Gasteiger charge is -2.14. The molecule has 0 saturated carbocycles. The fourth-order valence-electron chi connectivity index (χ4n) is 3.82. The van der Waals surface area contributed by atoms with Gasteiger partial charge in [0.05, 0.1) is 4.91 Å². The first-order valence-electron chi connectivity index (χ1n) is 10.1. The highest BCUT2D eigenvalue weighted by molar-refractivity contribution is 9.10. The van der Waals surface area contributed by atoms with Crippen molar-refractivity contribution >= 4 is 56.2 Å². The van der Waals surface area contributed by atoms with Gasteiger partial charge in [-0.15, -0.1) is 0 Å². The maximum absolute atomic E-state index is 13.0. The van der Waals surface area contributed by atoms with Crippen molar-refractivity contribution in [3.05, 3.63) is 92.1 Å². The number of thiocarbonyl (C=S) groups is 1. The first-order chi connectivity index (χ1) is 14.8. The number of rotatable bonds is 5. The van der Waals surface area contributed by atoms with E-state index in [1.54, 1.807) is 4.90 Å². The summed E-state index contributed by atoms with van der Waals surface area (Å²) in [5.41, 5.74) is 6.78. The highest BCUT2D eigenvalue weighted by atomic mass is 79.9. The summed E-state index contributed by atoms with van der Waals surface area (Å²) >= 11 is 10.5. The zero-order valence-corrected chi connectivity index (χ0v) is 20.9. The fraction of sp³-hybridized carbons (Fsp3) is 0.200. The van der Waals surface area contributed by atoms with Gasteiger partial charge in [-0.05, 0) is 74.2 Å². The predicted octanol–water partition coefficient (Wildman–Crippen LogP) is 6.61. The molecule has 0 atom stereocenters. The molecule has 0 radical (unpaired) electrons. The van der Waals surface area contributed by atoms with Crippen LogP contribution in [0.4, 0.5) is 0 Å². The van der Waals surface area contributed by atoms with E-state index in [9.17, 15) is 4.79 Å². The lowest BCUT2D eigenvalue weighted by molar-refractivity contribution is -0.122. The van der Waals surface area contributed by atoms with Gasteiger partial charge in [0, 0.05) is 28.1 Å². The summed E-state index contributed by atoms with van der Waals surface area (Å²) in [7, 11) is 0. The summed E-state index contributed by atoms with van der Waals surface area (Å²) in [4.78, 5) is 15.4. The molecule has 3 nitrogen and oxygen atoms in total. The minimum Gasteiger partial charge on any atom is -0.318 e. The van der Waals surface area contributed by atoms with Gasteiger partial charge < -0.3 is 4.57 Å². The van der Waals surface area contributed by atoms with Gasteiger partial charge in [-0.2, -0.15) is 0 Å². The van der Waals surface area contributed by atoms with Gasteiger partial charge in [-0.3, -0.25) is 9.69 Å². The molecular formula is C25H23BrN2OS2. The quantitative estimate of drug-likeness (QED) is 0.285. The third-order valence-electron chi connectivity index (χ3n) is 5.50. The summed E-state index contributed by atoms with van der Waals surface area (Å²) in [6.07, 6.45) is 2.77. The molecular weight excluding hydrogens is 488 g/mol. The molecule has 0 aliphatic carbocycles. The zero-order valence-electron chi connectivity index (χ0n) is 17.7. The highest BCUT2D eigenvalue weighted by Crippen LogP contribution is 2.34. The van der Waals surface area contributed by atoms with Crippen LogP contribution in [0.1, 0.15) is 28.1 Å². The monoisotopic (exact) mass is 510 g/mol. The molecule has 1 fully saturated rings. The molecule has 31 heavy (non-hydrogen) atoms. The Morgan fingerprint density at radius 1 is 1.06 bits per heavy atom. The summed E-state index contributed by atoms with van der Waals surface area (Å²) in [5.74, 6) is -0.00443. The van der Waals surface area contributed by atoms with E-state index in [0.717, 1.165) is 33.5 Å². The van der Waals surface area contributed by atoms with Crippen LogP contribution in [0.15, 0.2) is 64.0 Å². The van der Waals surface area contributed by atoms with Crippen LogP contribution in [-0.4, -0.2) is 26.2 Å². The van der Waals surface area contributed by atoms with Crippen molar-refractivity contribution in [3.63, 3.8) is 0 Å². The van der Waals surface area contributed by atoms with Gasteiger partial charge in [-0.1, -0.05) is 70.2 Å². The predicted molar refractivity (Wildman–Crippen MR) is 138 cm³/mol. The summed E-state index contributed by atoms with van der Waals surface area (Å²) < 4.78 is 3.95. The van der Waals surface area contributed by atoms with E-state index in [4.69, 9.17) is 12.2 Å². The molecule has 4 rings (SSSR count). The average Bonchev–Trinajstić information content (AvgIpc) is 3.18. The molecule has 1 aromatic heterocycles. The largest absolute Gasteiger partial charge is 0.318 e. The van der Waals surface area contributed by atoms with Crippen molar-refractivity contribution in [1.29, 1.82) is 0 Å². The number of nitrogens with zero attached hydrogens (tertiary/aromatic N) is 2. The molecule has 0 N–H and O–H groups in total. The molecule has 2 heterocycles. The van der Waals surface area contributed by atoms with Crippen LogP contribution >= 0.6 is 39.9 Å². The maximum Gasteiger partial charge on any atom is 0.266 e. The van der Waals surface area contributed by atoms with E-state index in [0.29, 0.717) is 15.8 Å². The fourth-order valence-corrected chi connectivity index (χ4v) is 5.36. The number of halogens is 1. The summed E-state index contributed by atoms with van der Waals surface area (Å²) in [6.45, 7) is 6.87. The Labute approximate surface area is 201 Å². The van der Waals surface area contributed by atoms with Crippen LogP contribution in [0.5, 0.6) is 0 Å². The van der Waals surface area contributed by atoms with Crippen molar-refractivity contribution in [1.82, 2.24) is 9.47 Å². The van der Waals surface area contributed by atoms with E-state index >= 15 is 0 Å². The van der Waals surface area contributed by atoms with Crippen LogP contribution in [0, 0.1) is 20.8 Å². The molecule has 0 bridgehead atoms. The third-order valence-corrected chi connectivity index (χ3v) is 7.76. The molecule has 6 heteroatoms. The topological polar surface area (TPSA) is 25.2 Å². The first kappa shape index (κ1) is 22.1. The Morgan fingerprint density at radius 2 is 1.81 bits per heavy atom. The molecule has 0 unspecified atom stereocenters. The number of aromatic nitrogens is 1. The number of thioether (sulfide) groups is 1. The second-order valence-corrected chi connectivity index (χ2v) is 10.2. The van der Waals surface area contributed by atoms with Crippen molar-refractivity contribution in [3.8, 4) is 5.69 Å². The van der Waals surface area contributed by atoms with Gasteiger partial charge in [-0.25, -0.2) is 0 Å². The molecule has 1 saturated heterocycles. The van der Waals surface area contributed by atoms with Crippen molar-refractivity contribution in [2.45, 2.75) is 27.2 Å². The SMILES string of the molecule is Cc1cc(-n2c(C)cc(/C=C3\SC(=S)N(CCc4ccccc4)C3=O)c2C)ccc1Br. The number of amides is 1. The minimum absolute atomic E-state index is 0.00443. The number of carbonyl (C=O) groups excluding carboxylic acids is 1. The lowest BCUT2D eigenvalue weighted by atomic mass is 10.1. The Morgan fingerprint density at radius 3 is 2.52 bits per heavy atom. The molecule has 158 valence electrons. The van der Waals surface area contributed by atoms with Gasteiger partial charge in [0.2, 0.25) is 0 Å². The number of carbonyl (C=O) groups is 1. The van der Waals surface area contributed by atoms with Crippen molar-refractivity contribution in [2.24, 2.45) is 0 Å².